The zero-order valence-electron chi connectivity index (χ0n) is 10.6. The number of nitrogens with one attached hydrogen (secondary N) is 1. The normalized spacial score (nSPS) is 16.5. The van der Waals surface area contributed by atoms with Crippen LogP contribution in [-0.4, -0.2) is 16.5 Å². The van der Waals surface area contributed by atoms with Crippen LogP contribution < -0.4 is 16.0 Å². The van der Waals surface area contributed by atoms with Crippen molar-refractivity contribution in [2.75, 3.05) is 17.2 Å². The largest absolute Gasteiger partial charge is 0.383 e. The number of nitrogens with zero attached hydrogens (tertiary/aromatic N) is 3. The first-order valence-corrected chi connectivity index (χ1v) is 6.54. The Hall–Kier alpha value is -2.14. The van der Waals surface area contributed by atoms with E-state index in [0.717, 1.165) is 43.3 Å². The summed E-state index contributed by atoms with van der Waals surface area (Å²) < 4.78 is 0. The van der Waals surface area contributed by atoms with Crippen LogP contribution >= 0.6 is 0 Å². The zero-order valence-corrected chi connectivity index (χ0v) is 10.6. The van der Waals surface area contributed by atoms with E-state index in [4.69, 9.17) is 5.73 Å². The molecular formula is C14H15N5. The van der Waals surface area contributed by atoms with E-state index in [1.165, 1.54) is 11.3 Å². The molecular weight excluding hydrogens is 238 g/mol. The smallest absolute Gasteiger partial charge is 0.232 e. The molecule has 96 valence electrons. The van der Waals surface area contributed by atoms with Crippen LogP contribution in [0.15, 0.2) is 24.3 Å². The maximum absolute atomic E-state index is 6.04. The Morgan fingerprint density at radius 1 is 1.16 bits per heavy atom. The Morgan fingerprint density at radius 2 is 2.05 bits per heavy atom. The molecule has 0 unspecified atom stereocenters. The van der Waals surface area contributed by atoms with Gasteiger partial charge < -0.3 is 16.0 Å². The minimum atomic E-state index is 0.606. The van der Waals surface area contributed by atoms with E-state index in [0.29, 0.717) is 5.82 Å². The van der Waals surface area contributed by atoms with Crippen LogP contribution in [0.25, 0.3) is 0 Å². The molecule has 2 aromatic rings. The molecule has 0 saturated heterocycles. The summed E-state index contributed by atoms with van der Waals surface area (Å²) in [5.41, 5.74) is 10.7. The average molecular weight is 253 g/mol. The molecule has 2 aliphatic heterocycles. The topological polar surface area (TPSA) is 67.1 Å². The van der Waals surface area contributed by atoms with Gasteiger partial charge in [-0.2, -0.15) is 4.98 Å². The lowest BCUT2D eigenvalue weighted by molar-refractivity contribution is 0.757. The zero-order chi connectivity index (χ0) is 12.8. The van der Waals surface area contributed by atoms with Gasteiger partial charge in [0.25, 0.3) is 0 Å². The monoisotopic (exact) mass is 253 g/mol. The van der Waals surface area contributed by atoms with Crippen LogP contribution in [0.1, 0.15) is 16.8 Å². The quantitative estimate of drug-likeness (QED) is 0.803. The third-order valence-electron chi connectivity index (χ3n) is 3.84. The van der Waals surface area contributed by atoms with Gasteiger partial charge in [-0.15, -0.1) is 0 Å². The number of hydrogen-bond donors (Lipinski definition) is 2. The van der Waals surface area contributed by atoms with Crippen molar-refractivity contribution in [3.8, 4) is 0 Å². The fourth-order valence-electron chi connectivity index (χ4n) is 2.85. The third kappa shape index (κ3) is 1.58. The van der Waals surface area contributed by atoms with Crippen LogP contribution in [0.4, 0.5) is 17.5 Å². The number of hydrogen-bond acceptors (Lipinski definition) is 5. The van der Waals surface area contributed by atoms with Gasteiger partial charge in [0.2, 0.25) is 5.95 Å². The predicted molar refractivity (Wildman–Crippen MR) is 74.1 cm³/mol. The maximum Gasteiger partial charge on any atom is 0.232 e. The van der Waals surface area contributed by atoms with Crippen LogP contribution in [0, 0.1) is 0 Å². The predicted octanol–water partition coefficient (Wildman–Crippen LogP) is 1.36. The summed E-state index contributed by atoms with van der Waals surface area (Å²) >= 11 is 0. The van der Waals surface area contributed by atoms with Gasteiger partial charge in [0, 0.05) is 30.9 Å². The highest BCUT2D eigenvalue weighted by Crippen LogP contribution is 2.33. The molecule has 0 spiro atoms. The van der Waals surface area contributed by atoms with Crippen molar-refractivity contribution in [3.63, 3.8) is 0 Å². The summed E-state index contributed by atoms with van der Waals surface area (Å²) in [6.45, 7) is 2.48. The number of para-hydroxylation sites is 1. The molecule has 0 atom stereocenters. The van der Waals surface area contributed by atoms with Gasteiger partial charge in [0.15, 0.2) is 0 Å². The van der Waals surface area contributed by atoms with Crippen molar-refractivity contribution in [3.05, 3.63) is 41.1 Å². The highest BCUT2D eigenvalue weighted by Gasteiger charge is 2.25. The average Bonchev–Trinajstić information content (AvgIpc) is 3.04. The first-order chi connectivity index (χ1) is 9.33. The fraction of sp³-hybridized carbons (Fsp3) is 0.286. The van der Waals surface area contributed by atoms with Gasteiger partial charge in [-0.3, -0.25) is 0 Å². The Balaban J connectivity index is 1.81. The summed E-state index contributed by atoms with van der Waals surface area (Å²) in [7, 11) is 0. The molecule has 19 heavy (non-hydrogen) atoms. The first kappa shape index (κ1) is 10.8. The summed E-state index contributed by atoms with van der Waals surface area (Å²) in [5, 5.41) is 3.26. The lowest BCUT2D eigenvalue weighted by Crippen LogP contribution is -2.18. The molecule has 0 aliphatic carbocycles. The number of rotatable bonds is 1. The van der Waals surface area contributed by atoms with Crippen molar-refractivity contribution in [2.45, 2.75) is 19.5 Å². The van der Waals surface area contributed by atoms with E-state index in [2.05, 4.69) is 44.5 Å². The molecule has 2 aliphatic rings. The molecule has 5 nitrogen and oxygen atoms in total. The fourth-order valence-corrected chi connectivity index (χ4v) is 2.85. The second kappa shape index (κ2) is 3.93. The number of benzene rings is 1. The van der Waals surface area contributed by atoms with Crippen molar-refractivity contribution in [1.29, 1.82) is 0 Å². The number of nitrogen functional groups attached to an aromatic ring is 1. The van der Waals surface area contributed by atoms with Gasteiger partial charge >= 0.3 is 0 Å². The molecule has 3 N–H and O–H groups in total. The van der Waals surface area contributed by atoms with Crippen molar-refractivity contribution >= 4 is 17.5 Å². The number of fused-ring (bicyclic) bond motifs is 2. The van der Waals surface area contributed by atoms with Crippen LogP contribution in [-0.2, 0) is 19.5 Å². The molecule has 5 heteroatoms. The maximum atomic E-state index is 6.04. The molecule has 0 fully saturated rings. The third-order valence-corrected chi connectivity index (χ3v) is 3.84. The first-order valence-electron chi connectivity index (χ1n) is 6.54. The molecule has 0 radical (unpaired) electrons. The van der Waals surface area contributed by atoms with Gasteiger partial charge in [0.1, 0.15) is 5.82 Å². The van der Waals surface area contributed by atoms with E-state index in [1.807, 2.05) is 0 Å². The number of aromatic nitrogens is 2. The molecule has 3 heterocycles. The summed E-state index contributed by atoms with van der Waals surface area (Å²) in [4.78, 5) is 11.3. The lowest BCUT2D eigenvalue weighted by atomic mass is 10.2. The van der Waals surface area contributed by atoms with Gasteiger partial charge in [-0.05, 0) is 18.1 Å². The highest BCUT2D eigenvalue weighted by atomic mass is 15.3. The Bertz CT molecular complexity index is 652. The standard InChI is InChI=1S/C14H15N5/c15-13-10-7-16-8-11(10)17-14(18-13)19-6-5-9-3-1-2-4-12(9)19/h1-4,16H,5-8H2,(H2,15,17,18). The Morgan fingerprint density at radius 3 is 3.00 bits per heavy atom. The van der Waals surface area contributed by atoms with Crippen LogP contribution in [0.2, 0.25) is 0 Å². The summed E-state index contributed by atoms with van der Waals surface area (Å²) in [5.74, 6) is 1.33. The summed E-state index contributed by atoms with van der Waals surface area (Å²) in [6, 6.07) is 8.40. The second-order valence-electron chi connectivity index (χ2n) is 4.97. The Kier molecular flexibility index (Phi) is 2.22. The van der Waals surface area contributed by atoms with Gasteiger partial charge in [0.05, 0.1) is 5.69 Å². The van der Waals surface area contributed by atoms with E-state index < -0.39 is 0 Å². The molecule has 1 aromatic carbocycles. The molecule has 0 saturated carbocycles. The number of anilines is 3. The van der Waals surface area contributed by atoms with Crippen LogP contribution in [0.3, 0.4) is 0 Å². The molecule has 0 amide bonds. The van der Waals surface area contributed by atoms with Gasteiger partial charge in [-0.1, -0.05) is 18.2 Å². The lowest BCUT2D eigenvalue weighted by Gasteiger charge is -2.18. The SMILES string of the molecule is Nc1nc(N2CCc3ccccc32)nc2c1CNC2. The van der Waals surface area contributed by atoms with Crippen molar-refractivity contribution in [1.82, 2.24) is 15.3 Å². The van der Waals surface area contributed by atoms with E-state index in [-0.39, 0.29) is 0 Å². The summed E-state index contributed by atoms with van der Waals surface area (Å²) in [6.07, 6.45) is 1.04. The molecule has 0 bridgehead atoms. The van der Waals surface area contributed by atoms with Crippen molar-refractivity contribution in [2.24, 2.45) is 0 Å². The van der Waals surface area contributed by atoms with Crippen LogP contribution in [0.5, 0.6) is 0 Å². The minimum absolute atomic E-state index is 0.606. The Labute approximate surface area is 111 Å². The highest BCUT2D eigenvalue weighted by molar-refractivity contribution is 5.66. The minimum Gasteiger partial charge on any atom is -0.383 e. The van der Waals surface area contributed by atoms with E-state index >= 15 is 0 Å². The van der Waals surface area contributed by atoms with Gasteiger partial charge in [-0.25, -0.2) is 4.98 Å². The van der Waals surface area contributed by atoms with E-state index in [1.54, 1.807) is 0 Å². The number of nitrogens with two attached hydrogens (primary N) is 1. The second-order valence-corrected chi connectivity index (χ2v) is 4.97. The molecule has 4 rings (SSSR count). The van der Waals surface area contributed by atoms with E-state index in [9.17, 15) is 0 Å². The molecule has 1 aromatic heterocycles. The van der Waals surface area contributed by atoms with Crippen molar-refractivity contribution < 1.29 is 0 Å².